The van der Waals surface area contributed by atoms with Crippen LogP contribution < -0.4 is 0 Å². The second-order valence-corrected chi connectivity index (χ2v) is 3.51. The molecule has 0 bridgehead atoms. The Bertz CT molecular complexity index is 261. The van der Waals surface area contributed by atoms with Crippen LogP contribution in [0.15, 0.2) is 25.3 Å². The minimum atomic E-state index is -0.489. The van der Waals surface area contributed by atoms with Crippen molar-refractivity contribution < 1.29 is 34.0 Å². The van der Waals surface area contributed by atoms with E-state index in [9.17, 15) is 9.59 Å². The summed E-state index contributed by atoms with van der Waals surface area (Å²) in [6.45, 7) is 7.68. The molecule has 7 nitrogen and oxygen atoms in total. The van der Waals surface area contributed by atoms with Gasteiger partial charge in [0.05, 0.1) is 13.2 Å². The molecule has 0 fully saturated rings. The van der Waals surface area contributed by atoms with E-state index in [1.807, 2.05) is 0 Å². The van der Waals surface area contributed by atoms with Gasteiger partial charge in [0.2, 0.25) is 0 Å². The minimum absolute atomic E-state index is 0.153. The van der Waals surface area contributed by atoms with E-state index < -0.39 is 11.9 Å². The van der Waals surface area contributed by atoms with Gasteiger partial charge in [0.15, 0.2) is 0 Å². The number of aliphatic hydroxyl groups excluding tert-OH is 2. The lowest BCUT2D eigenvalue weighted by molar-refractivity contribution is -0.140. The van der Waals surface area contributed by atoms with E-state index in [-0.39, 0.29) is 39.6 Å². The SMILES string of the molecule is C=CC(=O)OCCOCCOC(=O)C=C.OCCCCO. The summed E-state index contributed by atoms with van der Waals surface area (Å²) in [5, 5.41) is 16.2. The average Bonchev–Trinajstić information content (AvgIpc) is 2.51. The maximum atomic E-state index is 10.6. The van der Waals surface area contributed by atoms with Gasteiger partial charge >= 0.3 is 11.9 Å². The number of ether oxygens (including phenoxy) is 3. The number of unbranched alkanes of at least 4 members (excludes halogenated alkanes) is 1. The molecule has 0 aliphatic rings. The predicted octanol–water partition coefficient (Wildman–Crippen LogP) is 0.213. The van der Waals surface area contributed by atoms with Gasteiger partial charge in [0.1, 0.15) is 13.2 Å². The zero-order valence-electron chi connectivity index (χ0n) is 12.2. The molecule has 0 radical (unpaired) electrons. The van der Waals surface area contributed by atoms with Gasteiger partial charge in [-0.15, -0.1) is 0 Å². The van der Waals surface area contributed by atoms with Gasteiger partial charge in [-0.05, 0) is 12.8 Å². The molecule has 0 unspecified atom stereocenters. The summed E-state index contributed by atoms with van der Waals surface area (Å²) in [6, 6.07) is 0. The average molecular weight is 304 g/mol. The number of carbonyl (C=O) groups excluding carboxylic acids is 2. The van der Waals surface area contributed by atoms with Gasteiger partial charge in [0.25, 0.3) is 0 Å². The van der Waals surface area contributed by atoms with Crippen LogP contribution in [0, 0.1) is 0 Å². The maximum absolute atomic E-state index is 10.6. The van der Waals surface area contributed by atoms with E-state index in [0.29, 0.717) is 0 Å². The second-order valence-electron chi connectivity index (χ2n) is 3.51. The molecule has 2 N–H and O–H groups in total. The first-order valence-electron chi connectivity index (χ1n) is 6.50. The lowest BCUT2D eigenvalue weighted by Crippen LogP contribution is -2.12. The fourth-order valence-corrected chi connectivity index (χ4v) is 0.846. The van der Waals surface area contributed by atoms with Crippen molar-refractivity contribution >= 4 is 11.9 Å². The van der Waals surface area contributed by atoms with Crippen LogP contribution in [-0.2, 0) is 23.8 Å². The summed E-state index contributed by atoms with van der Waals surface area (Å²) >= 11 is 0. The van der Waals surface area contributed by atoms with Crippen molar-refractivity contribution in [2.45, 2.75) is 12.8 Å². The third-order valence-electron chi connectivity index (χ3n) is 1.84. The van der Waals surface area contributed by atoms with Crippen molar-refractivity contribution in [2.75, 3.05) is 39.6 Å². The normalized spacial score (nSPS) is 9.05. The number of hydrogen-bond acceptors (Lipinski definition) is 7. The number of rotatable bonds is 11. The maximum Gasteiger partial charge on any atom is 0.330 e. The summed E-state index contributed by atoms with van der Waals surface area (Å²) in [6.07, 6.45) is 3.59. The third-order valence-corrected chi connectivity index (χ3v) is 1.84. The van der Waals surface area contributed by atoms with E-state index in [4.69, 9.17) is 14.9 Å². The van der Waals surface area contributed by atoms with E-state index in [0.717, 1.165) is 25.0 Å². The van der Waals surface area contributed by atoms with Crippen LogP contribution in [0.3, 0.4) is 0 Å². The lowest BCUT2D eigenvalue weighted by Gasteiger charge is -2.04. The first kappa shape index (κ1) is 21.6. The van der Waals surface area contributed by atoms with Crippen molar-refractivity contribution in [3.8, 4) is 0 Å². The van der Waals surface area contributed by atoms with E-state index in [2.05, 4.69) is 22.6 Å². The first-order chi connectivity index (χ1) is 10.1. The van der Waals surface area contributed by atoms with Crippen molar-refractivity contribution in [3.05, 3.63) is 25.3 Å². The Morgan fingerprint density at radius 3 is 1.48 bits per heavy atom. The van der Waals surface area contributed by atoms with Crippen molar-refractivity contribution in [3.63, 3.8) is 0 Å². The Kier molecular flexibility index (Phi) is 18.8. The van der Waals surface area contributed by atoms with Gasteiger partial charge in [-0.1, -0.05) is 13.2 Å². The van der Waals surface area contributed by atoms with Gasteiger partial charge < -0.3 is 24.4 Å². The Labute approximate surface area is 124 Å². The zero-order chi connectivity index (χ0) is 16.3. The van der Waals surface area contributed by atoms with Gasteiger partial charge in [0, 0.05) is 25.4 Å². The molecule has 0 spiro atoms. The summed E-state index contributed by atoms with van der Waals surface area (Å²) in [7, 11) is 0. The van der Waals surface area contributed by atoms with Gasteiger partial charge in [-0.25, -0.2) is 9.59 Å². The molecule has 0 aromatic rings. The monoisotopic (exact) mass is 304 g/mol. The summed E-state index contributed by atoms with van der Waals surface area (Å²) in [5.41, 5.74) is 0. The highest BCUT2D eigenvalue weighted by Gasteiger charge is 1.96. The molecule has 0 aromatic heterocycles. The molecular formula is C14H24O7. The molecule has 0 aliphatic heterocycles. The number of hydrogen-bond donors (Lipinski definition) is 2. The standard InChI is InChI=1S/C10H14O5.C4H10O2/c1-3-9(11)14-7-5-13-6-8-15-10(12)4-2;5-3-1-2-4-6/h3-4H,1-2,5-8H2;5-6H,1-4H2. The summed E-state index contributed by atoms with van der Waals surface area (Å²) in [4.78, 5) is 21.1. The molecule has 0 aromatic carbocycles. The molecule has 122 valence electrons. The minimum Gasteiger partial charge on any atom is -0.460 e. The summed E-state index contributed by atoms with van der Waals surface area (Å²) in [5.74, 6) is -0.978. The third kappa shape index (κ3) is 20.8. The van der Waals surface area contributed by atoms with Crippen LogP contribution in [-0.4, -0.2) is 61.8 Å². The molecule has 0 saturated heterocycles. The Balaban J connectivity index is 0. The Hall–Kier alpha value is -1.70. The highest BCUT2D eigenvalue weighted by Crippen LogP contribution is 1.84. The molecule has 0 saturated carbocycles. The molecule has 0 amide bonds. The highest BCUT2D eigenvalue weighted by atomic mass is 16.6. The number of aliphatic hydroxyl groups is 2. The van der Waals surface area contributed by atoms with Crippen molar-refractivity contribution in [2.24, 2.45) is 0 Å². The van der Waals surface area contributed by atoms with Crippen molar-refractivity contribution in [1.82, 2.24) is 0 Å². The molecule has 0 aliphatic carbocycles. The zero-order valence-corrected chi connectivity index (χ0v) is 12.2. The molecule has 0 atom stereocenters. The number of esters is 2. The fourth-order valence-electron chi connectivity index (χ4n) is 0.846. The van der Waals surface area contributed by atoms with Crippen LogP contribution >= 0.6 is 0 Å². The van der Waals surface area contributed by atoms with E-state index in [1.165, 1.54) is 0 Å². The highest BCUT2D eigenvalue weighted by molar-refractivity contribution is 5.81. The van der Waals surface area contributed by atoms with Crippen molar-refractivity contribution in [1.29, 1.82) is 0 Å². The van der Waals surface area contributed by atoms with Gasteiger partial charge in [-0.2, -0.15) is 0 Å². The van der Waals surface area contributed by atoms with E-state index >= 15 is 0 Å². The molecule has 0 heterocycles. The van der Waals surface area contributed by atoms with Crippen LogP contribution in [0.5, 0.6) is 0 Å². The Morgan fingerprint density at radius 1 is 0.810 bits per heavy atom. The molecule has 0 rings (SSSR count). The second kappa shape index (κ2) is 18.3. The largest absolute Gasteiger partial charge is 0.460 e. The Morgan fingerprint density at radius 2 is 1.19 bits per heavy atom. The van der Waals surface area contributed by atoms with Gasteiger partial charge in [-0.3, -0.25) is 0 Å². The predicted molar refractivity (Wildman–Crippen MR) is 76.5 cm³/mol. The molecule has 21 heavy (non-hydrogen) atoms. The summed E-state index contributed by atoms with van der Waals surface area (Å²) < 4.78 is 14.3. The van der Waals surface area contributed by atoms with Crippen LogP contribution in [0.4, 0.5) is 0 Å². The quantitative estimate of drug-likeness (QED) is 0.319. The van der Waals surface area contributed by atoms with Crippen LogP contribution in [0.25, 0.3) is 0 Å². The topological polar surface area (TPSA) is 102 Å². The first-order valence-corrected chi connectivity index (χ1v) is 6.50. The van der Waals surface area contributed by atoms with Crippen LogP contribution in [0.2, 0.25) is 0 Å². The van der Waals surface area contributed by atoms with E-state index in [1.54, 1.807) is 0 Å². The molecule has 7 heteroatoms. The van der Waals surface area contributed by atoms with Crippen LogP contribution in [0.1, 0.15) is 12.8 Å². The number of carbonyl (C=O) groups is 2. The smallest absolute Gasteiger partial charge is 0.330 e. The molecular weight excluding hydrogens is 280 g/mol. The fraction of sp³-hybridized carbons (Fsp3) is 0.571. The lowest BCUT2D eigenvalue weighted by atomic mass is 10.3.